The lowest BCUT2D eigenvalue weighted by molar-refractivity contribution is -0.154. The number of amides is 3. The van der Waals surface area contributed by atoms with Crippen molar-refractivity contribution in [1.82, 2.24) is 15.6 Å². The Morgan fingerprint density at radius 2 is 2.00 bits per heavy atom. The zero-order valence-corrected chi connectivity index (χ0v) is 17.6. The Morgan fingerprint density at radius 1 is 1.24 bits per heavy atom. The smallest absolute Gasteiger partial charge is 0.321 e. The van der Waals surface area contributed by atoms with Gasteiger partial charge in [-0.1, -0.05) is 31.9 Å². The van der Waals surface area contributed by atoms with Gasteiger partial charge in [-0.05, 0) is 38.3 Å². The van der Waals surface area contributed by atoms with Crippen LogP contribution in [-0.4, -0.2) is 35.5 Å². The molecule has 0 bridgehead atoms. The molecule has 156 valence electrons. The molecule has 2 N–H and O–H groups in total. The molecule has 3 atom stereocenters. The number of para-hydroxylation sites is 1. The van der Waals surface area contributed by atoms with Gasteiger partial charge in [0.25, 0.3) is 5.91 Å². The molecule has 29 heavy (non-hydrogen) atoms. The average Bonchev–Trinajstić information content (AvgIpc) is 3.16. The highest BCUT2D eigenvalue weighted by Gasteiger charge is 2.35. The van der Waals surface area contributed by atoms with E-state index in [1.54, 1.807) is 11.3 Å². The molecular formula is C21H27N3O4S. The summed E-state index contributed by atoms with van der Waals surface area (Å²) in [4.78, 5) is 41.0. The molecule has 1 aromatic carbocycles. The summed E-state index contributed by atoms with van der Waals surface area (Å²) in [6, 6.07) is 7.32. The Kier molecular flexibility index (Phi) is 7.19. The molecule has 1 saturated carbocycles. The molecule has 8 heteroatoms. The Balaban J connectivity index is 1.58. The van der Waals surface area contributed by atoms with Gasteiger partial charge < -0.3 is 10.1 Å². The van der Waals surface area contributed by atoms with E-state index in [9.17, 15) is 14.4 Å². The van der Waals surface area contributed by atoms with Crippen LogP contribution in [0.3, 0.4) is 0 Å². The maximum Gasteiger partial charge on any atom is 0.321 e. The fourth-order valence-corrected chi connectivity index (χ4v) is 4.69. The van der Waals surface area contributed by atoms with Crippen LogP contribution in [0.5, 0.6) is 0 Å². The van der Waals surface area contributed by atoms with Crippen molar-refractivity contribution < 1.29 is 19.1 Å². The van der Waals surface area contributed by atoms with E-state index in [1.807, 2.05) is 38.1 Å². The van der Waals surface area contributed by atoms with Gasteiger partial charge in [-0.25, -0.2) is 9.78 Å². The second-order valence-corrected chi connectivity index (χ2v) is 8.52. The fourth-order valence-electron chi connectivity index (χ4n) is 3.53. The molecule has 0 unspecified atom stereocenters. The van der Waals surface area contributed by atoms with Gasteiger partial charge in [0.05, 0.1) is 21.1 Å². The van der Waals surface area contributed by atoms with Crippen LogP contribution >= 0.6 is 11.3 Å². The molecule has 1 heterocycles. The van der Waals surface area contributed by atoms with Gasteiger partial charge in [-0.3, -0.25) is 14.9 Å². The number of hydrogen-bond donors (Lipinski definition) is 2. The lowest BCUT2D eigenvalue weighted by Crippen LogP contribution is -2.45. The zero-order chi connectivity index (χ0) is 20.8. The van der Waals surface area contributed by atoms with E-state index >= 15 is 0 Å². The van der Waals surface area contributed by atoms with Crippen LogP contribution < -0.4 is 10.6 Å². The largest absolute Gasteiger partial charge is 0.455 e. The monoisotopic (exact) mass is 417 g/mol. The van der Waals surface area contributed by atoms with Crippen molar-refractivity contribution in [2.24, 2.45) is 5.92 Å². The number of imide groups is 1. The van der Waals surface area contributed by atoms with Crippen LogP contribution in [-0.2, 0) is 14.3 Å². The number of carbonyl (C=O) groups excluding carboxylic acids is 3. The van der Waals surface area contributed by atoms with Crippen LogP contribution in [0.25, 0.3) is 10.2 Å². The SMILES string of the molecule is CC[C@@H](C)NC(=O)NC(=O)COC(=O)[C@H]1CCCC[C@@H]1c1nc2ccccc2s1. The number of hydrogen-bond acceptors (Lipinski definition) is 6. The van der Waals surface area contributed by atoms with E-state index in [0.717, 1.165) is 47.3 Å². The number of ether oxygens (including phenoxy) is 1. The van der Waals surface area contributed by atoms with E-state index in [1.165, 1.54) is 0 Å². The number of benzene rings is 1. The summed E-state index contributed by atoms with van der Waals surface area (Å²) >= 11 is 1.61. The molecular weight excluding hydrogens is 390 g/mol. The van der Waals surface area contributed by atoms with Crippen LogP contribution in [0.4, 0.5) is 4.79 Å². The third-order valence-electron chi connectivity index (χ3n) is 5.28. The molecule has 2 aromatic rings. The number of esters is 1. The van der Waals surface area contributed by atoms with Crippen LogP contribution in [0.2, 0.25) is 0 Å². The van der Waals surface area contributed by atoms with Crippen molar-refractivity contribution >= 4 is 39.5 Å². The van der Waals surface area contributed by atoms with Gasteiger partial charge in [0.1, 0.15) is 0 Å². The summed E-state index contributed by atoms with van der Waals surface area (Å²) in [5.74, 6) is -1.34. The number of thiazole rings is 1. The number of aromatic nitrogens is 1. The second-order valence-electron chi connectivity index (χ2n) is 7.46. The summed E-state index contributed by atoms with van der Waals surface area (Å²) in [6.45, 7) is 3.31. The van der Waals surface area contributed by atoms with Crippen LogP contribution in [0.1, 0.15) is 56.9 Å². The topological polar surface area (TPSA) is 97.4 Å². The highest BCUT2D eigenvalue weighted by atomic mass is 32.1. The molecule has 0 aliphatic heterocycles. The molecule has 1 aliphatic rings. The quantitative estimate of drug-likeness (QED) is 0.698. The van der Waals surface area contributed by atoms with E-state index < -0.39 is 24.5 Å². The van der Waals surface area contributed by atoms with Crippen molar-refractivity contribution in [3.63, 3.8) is 0 Å². The van der Waals surface area contributed by atoms with Gasteiger partial charge >= 0.3 is 12.0 Å². The average molecular weight is 418 g/mol. The normalized spacial score (nSPS) is 20.1. The number of fused-ring (bicyclic) bond motifs is 1. The molecule has 0 saturated heterocycles. The third-order valence-corrected chi connectivity index (χ3v) is 6.45. The van der Waals surface area contributed by atoms with Crippen molar-refractivity contribution in [2.75, 3.05) is 6.61 Å². The fraction of sp³-hybridized carbons (Fsp3) is 0.524. The predicted octanol–water partition coefficient (Wildman–Crippen LogP) is 3.74. The van der Waals surface area contributed by atoms with Crippen molar-refractivity contribution in [1.29, 1.82) is 0 Å². The van der Waals surface area contributed by atoms with E-state index in [4.69, 9.17) is 9.72 Å². The summed E-state index contributed by atoms with van der Waals surface area (Å²) in [7, 11) is 0. The summed E-state index contributed by atoms with van der Waals surface area (Å²) in [5, 5.41) is 5.77. The first-order valence-electron chi connectivity index (χ1n) is 10.1. The maximum atomic E-state index is 12.7. The predicted molar refractivity (Wildman–Crippen MR) is 112 cm³/mol. The lowest BCUT2D eigenvalue weighted by Gasteiger charge is -2.28. The number of nitrogens with zero attached hydrogens (tertiary/aromatic N) is 1. The summed E-state index contributed by atoms with van der Waals surface area (Å²) in [6.07, 6.45) is 4.34. The minimum atomic E-state index is -0.633. The van der Waals surface area contributed by atoms with Gasteiger partial charge in [0.2, 0.25) is 0 Å². The minimum Gasteiger partial charge on any atom is -0.455 e. The first-order valence-corrected chi connectivity index (χ1v) is 10.9. The van der Waals surface area contributed by atoms with Gasteiger partial charge in [-0.2, -0.15) is 0 Å². The van der Waals surface area contributed by atoms with Crippen molar-refractivity contribution in [2.45, 2.75) is 57.9 Å². The summed E-state index contributed by atoms with van der Waals surface area (Å²) in [5.41, 5.74) is 0.942. The first-order chi connectivity index (χ1) is 14.0. The summed E-state index contributed by atoms with van der Waals surface area (Å²) < 4.78 is 6.35. The molecule has 7 nitrogen and oxygen atoms in total. The Labute approximate surface area is 174 Å². The molecule has 3 amide bonds. The molecule has 1 fully saturated rings. The number of rotatable bonds is 6. The Morgan fingerprint density at radius 3 is 2.76 bits per heavy atom. The molecule has 3 rings (SSSR count). The molecule has 1 aliphatic carbocycles. The lowest BCUT2D eigenvalue weighted by atomic mass is 9.79. The number of urea groups is 1. The van der Waals surface area contributed by atoms with Gasteiger partial charge in [-0.15, -0.1) is 11.3 Å². The van der Waals surface area contributed by atoms with Crippen molar-refractivity contribution in [3.8, 4) is 0 Å². The number of carbonyl (C=O) groups is 3. The highest BCUT2D eigenvalue weighted by Crippen LogP contribution is 2.41. The van der Waals surface area contributed by atoms with Gasteiger partial charge in [0, 0.05) is 12.0 Å². The zero-order valence-electron chi connectivity index (χ0n) is 16.8. The number of nitrogens with one attached hydrogen (secondary N) is 2. The van der Waals surface area contributed by atoms with Crippen LogP contribution in [0, 0.1) is 5.92 Å². The van der Waals surface area contributed by atoms with E-state index in [2.05, 4.69) is 10.6 Å². The minimum absolute atomic E-state index is 0.00501. The first kappa shape index (κ1) is 21.2. The van der Waals surface area contributed by atoms with E-state index in [-0.39, 0.29) is 17.9 Å². The Bertz CT molecular complexity index is 849. The maximum absolute atomic E-state index is 12.7. The molecule has 0 radical (unpaired) electrons. The van der Waals surface area contributed by atoms with Crippen molar-refractivity contribution in [3.05, 3.63) is 29.3 Å². The van der Waals surface area contributed by atoms with Crippen LogP contribution in [0.15, 0.2) is 24.3 Å². The van der Waals surface area contributed by atoms with Gasteiger partial charge in [0.15, 0.2) is 6.61 Å². The molecule has 0 spiro atoms. The third kappa shape index (κ3) is 5.53. The molecule has 1 aromatic heterocycles. The second kappa shape index (κ2) is 9.82. The highest BCUT2D eigenvalue weighted by molar-refractivity contribution is 7.18. The Hall–Kier alpha value is -2.48. The standard InChI is InChI=1S/C21H27N3O4S/c1-3-13(2)22-21(27)24-18(25)12-28-20(26)15-9-5-4-8-14(15)19-23-16-10-6-7-11-17(16)29-19/h6-7,10-11,13-15H,3-5,8-9,12H2,1-2H3,(H2,22,24,25,27)/t13-,14+,15+/m1/s1. The van der Waals surface area contributed by atoms with E-state index in [0.29, 0.717) is 0 Å².